The van der Waals surface area contributed by atoms with Gasteiger partial charge < -0.3 is 10.5 Å². The molecule has 78 valence electrons. The number of hydrogen-bond acceptors (Lipinski definition) is 5. The molecular formula is C7H12N4O3. The summed E-state index contributed by atoms with van der Waals surface area (Å²) in [5.74, 6) is 0.0343. The molecule has 7 heteroatoms. The van der Waals surface area contributed by atoms with Crippen molar-refractivity contribution in [1.82, 2.24) is 9.78 Å². The maximum Gasteiger partial charge on any atom is 0.350 e. The number of methoxy groups -OCH3 is 1. The van der Waals surface area contributed by atoms with Gasteiger partial charge in [0.05, 0.1) is 12.0 Å². The minimum atomic E-state index is -0.523. The van der Waals surface area contributed by atoms with Crippen LogP contribution >= 0.6 is 0 Å². The first-order valence-corrected chi connectivity index (χ1v) is 4.15. The molecule has 0 fully saturated rings. The lowest BCUT2D eigenvalue weighted by molar-refractivity contribution is -0.385. The Morgan fingerprint density at radius 3 is 2.93 bits per heavy atom. The van der Waals surface area contributed by atoms with Gasteiger partial charge in [0.15, 0.2) is 0 Å². The second-order valence-corrected chi connectivity index (χ2v) is 2.69. The van der Waals surface area contributed by atoms with Crippen LogP contribution in [-0.2, 0) is 6.54 Å². The number of nitro groups is 1. The summed E-state index contributed by atoms with van der Waals surface area (Å²) < 4.78 is 6.22. The molecule has 1 rings (SSSR count). The van der Waals surface area contributed by atoms with Gasteiger partial charge in [0.2, 0.25) is 0 Å². The molecule has 2 N–H and O–H groups in total. The smallest absolute Gasteiger partial charge is 0.350 e. The second-order valence-electron chi connectivity index (χ2n) is 2.69. The number of nitrogens with two attached hydrogens (primary N) is 1. The largest absolute Gasteiger partial charge is 0.475 e. The van der Waals surface area contributed by atoms with E-state index in [-0.39, 0.29) is 11.6 Å². The second kappa shape index (κ2) is 4.56. The highest BCUT2D eigenvalue weighted by Crippen LogP contribution is 2.23. The Hall–Kier alpha value is -1.63. The van der Waals surface area contributed by atoms with E-state index in [2.05, 4.69) is 5.10 Å². The Morgan fingerprint density at radius 1 is 1.79 bits per heavy atom. The van der Waals surface area contributed by atoms with Crippen molar-refractivity contribution < 1.29 is 9.66 Å². The first-order valence-electron chi connectivity index (χ1n) is 4.15. The zero-order valence-electron chi connectivity index (χ0n) is 7.84. The molecule has 1 heterocycles. The third-order valence-corrected chi connectivity index (χ3v) is 1.69. The summed E-state index contributed by atoms with van der Waals surface area (Å²) in [6.45, 7) is 1.08. The van der Waals surface area contributed by atoms with E-state index in [0.717, 1.165) is 6.42 Å². The SMILES string of the molecule is COc1nn(CCCN)cc1[N+](=O)[O-]. The van der Waals surface area contributed by atoms with E-state index in [4.69, 9.17) is 10.5 Å². The van der Waals surface area contributed by atoms with Gasteiger partial charge in [0.25, 0.3) is 0 Å². The van der Waals surface area contributed by atoms with Crippen molar-refractivity contribution in [1.29, 1.82) is 0 Å². The lowest BCUT2D eigenvalue weighted by atomic mass is 10.4. The fourth-order valence-corrected chi connectivity index (χ4v) is 1.03. The van der Waals surface area contributed by atoms with Crippen LogP contribution in [0.15, 0.2) is 6.20 Å². The Kier molecular flexibility index (Phi) is 3.41. The average molecular weight is 200 g/mol. The normalized spacial score (nSPS) is 10.1. The molecule has 0 aliphatic rings. The highest BCUT2D eigenvalue weighted by Gasteiger charge is 2.19. The molecule has 0 amide bonds. The molecule has 0 spiro atoms. The van der Waals surface area contributed by atoms with E-state index in [0.29, 0.717) is 13.1 Å². The quantitative estimate of drug-likeness (QED) is 0.539. The predicted octanol–water partition coefficient (Wildman–Crippen LogP) is 0.149. The van der Waals surface area contributed by atoms with Gasteiger partial charge in [-0.05, 0) is 13.0 Å². The number of rotatable bonds is 5. The Labute approximate surface area is 80.6 Å². The highest BCUT2D eigenvalue weighted by molar-refractivity contribution is 5.38. The molecule has 0 aliphatic heterocycles. The van der Waals surface area contributed by atoms with Crippen LogP contribution in [0.4, 0.5) is 5.69 Å². The van der Waals surface area contributed by atoms with Crippen LogP contribution in [0.1, 0.15) is 6.42 Å². The zero-order valence-corrected chi connectivity index (χ0v) is 7.84. The van der Waals surface area contributed by atoms with Gasteiger partial charge >= 0.3 is 11.6 Å². The molecule has 1 aromatic heterocycles. The fraction of sp³-hybridized carbons (Fsp3) is 0.571. The molecule has 1 aromatic rings. The van der Waals surface area contributed by atoms with Gasteiger partial charge in [-0.3, -0.25) is 14.8 Å². The molecule has 0 aliphatic carbocycles. The van der Waals surface area contributed by atoms with E-state index in [1.165, 1.54) is 18.0 Å². The summed E-state index contributed by atoms with van der Waals surface area (Å²) in [4.78, 5) is 9.99. The Balaban J connectivity index is 2.83. The summed E-state index contributed by atoms with van der Waals surface area (Å²) in [5, 5.41) is 14.4. The molecule has 7 nitrogen and oxygen atoms in total. The molecule has 0 radical (unpaired) electrons. The topological polar surface area (TPSA) is 96.2 Å². The van der Waals surface area contributed by atoms with Crippen molar-refractivity contribution >= 4 is 5.69 Å². The number of hydrogen-bond donors (Lipinski definition) is 1. The van der Waals surface area contributed by atoms with Crippen LogP contribution in [-0.4, -0.2) is 28.4 Å². The lowest BCUT2D eigenvalue weighted by Gasteiger charge is -1.96. The van der Waals surface area contributed by atoms with Gasteiger partial charge in [-0.25, -0.2) is 0 Å². The molecule has 14 heavy (non-hydrogen) atoms. The number of aromatic nitrogens is 2. The fourth-order valence-electron chi connectivity index (χ4n) is 1.03. The zero-order chi connectivity index (χ0) is 10.6. The van der Waals surface area contributed by atoms with Crippen molar-refractivity contribution in [3.63, 3.8) is 0 Å². The molecule has 0 bridgehead atoms. The summed E-state index contributed by atoms with van der Waals surface area (Å²) in [5.41, 5.74) is 5.19. The molecule has 0 saturated heterocycles. The molecule has 0 saturated carbocycles. The molecule has 0 aromatic carbocycles. The van der Waals surface area contributed by atoms with Crippen molar-refractivity contribution in [3.8, 4) is 5.88 Å². The van der Waals surface area contributed by atoms with Crippen molar-refractivity contribution in [2.75, 3.05) is 13.7 Å². The predicted molar refractivity (Wildman–Crippen MR) is 49.1 cm³/mol. The van der Waals surface area contributed by atoms with E-state index in [1.54, 1.807) is 0 Å². The van der Waals surface area contributed by atoms with Crippen LogP contribution in [0.3, 0.4) is 0 Å². The monoisotopic (exact) mass is 200 g/mol. The first-order chi connectivity index (χ1) is 6.69. The number of aryl methyl sites for hydroxylation is 1. The molecular weight excluding hydrogens is 188 g/mol. The van der Waals surface area contributed by atoms with Gasteiger partial charge in [0, 0.05) is 6.54 Å². The summed E-state index contributed by atoms with van der Waals surface area (Å²) >= 11 is 0. The van der Waals surface area contributed by atoms with E-state index < -0.39 is 4.92 Å². The van der Waals surface area contributed by atoms with Gasteiger partial charge in [-0.15, -0.1) is 5.10 Å². The first kappa shape index (κ1) is 10.5. The molecule has 0 unspecified atom stereocenters. The average Bonchev–Trinajstić information content (AvgIpc) is 2.57. The van der Waals surface area contributed by atoms with E-state index in [9.17, 15) is 10.1 Å². The van der Waals surface area contributed by atoms with Crippen LogP contribution in [0.25, 0.3) is 0 Å². The minimum Gasteiger partial charge on any atom is -0.475 e. The van der Waals surface area contributed by atoms with E-state index >= 15 is 0 Å². The highest BCUT2D eigenvalue weighted by atomic mass is 16.6. The Bertz CT molecular complexity index is 323. The number of nitrogens with zero attached hydrogens (tertiary/aromatic N) is 3. The summed E-state index contributed by atoms with van der Waals surface area (Å²) in [6, 6.07) is 0. The van der Waals surface area contributed by atoms with Crippen LogP contribution in [0.2, 0.25) is 0 Å². The summed E-state index contributed by atoms with van der Waals surface area (Å²) in [7, 11) is 1.35. The van der Waals surface area contributed by atoms with Crippen LogP contribution < -0.4 is 10.5 Å². The third kappa shape index (κ3) is 2.19. The maximum absolute atomic E-state index is 10.5. The third-order valence-electron chi connectivity index (χ3n) is 1.69. The maximum atomic E-state index is 10.5. The van der Waals surface area contributed by atoms with E-state index in [1.807, 2.05) is 0 Å². The standard InChI is InChI=1S/C7H12N4O3/c1-14-7-6(11(12)13)5-10(9-7)4-2-3-8/h5H,2-4,8H2,1H3. The van der Waals surface area contributed by atoms with Crippen LogP contribution in [0, 0.1) is 10.1 Å². The Morgan fingerprint density at radius 2 is 2.50 bits per heavy atom. The summed E-state index contributed by atoms with van der Waals surface area (Å²) in [6.07, 6.45) is 2.07. The van der Waals surface area contributed by atoms with Crippen LogP contribution in [0.5, 0.6) is 5.88 Å². The minimum absolute atomic E-state index is 0.0343. The van der Waals surface area contributed by atoms with Crippen molar-refractivity contribution in [2.24, 2.45) is 5.73 Å². The molecule has 0 atom stereocenters. The van der Waals surface area contributed by atoms with Gasteiger partial charge in [-0.1, -0.05) is 0 Å². The van der Waals surface area contributed by atoms with Crippen molar-refractivity contribution in [2.45, 2.75) is 13.0 Å². The number of ether oxygens (including phenoxy) is 1. The lowest BCUT2D eigenvalue weighted by Crippen LogP contribution is -2.06. The van der Waals surface area contributed by atoms with Gasteiger partial charge in [0.1, 0.15) is 6.20 Å². The van der Waals surface area contributed by atoms with Crippen molar-refractivity contribution in [3.05, 3.63) is 16.3 Å². The van der Waals surface area contributed by atoms with Gasteiger partial charge in [-0.2, -0.15) is 0 Å².